The maximum absolute atomic E-state index is 10.3. The molecule has 0 fully saturated rings. The van der Waals surface area contributed by atoms with Gasteiger partial charge in [-0.05, 0) is 13.0 Å². The molecule has 1 heterocycles. The fourth-order valence-electron chi connectivity index (χ4n) is 0.535. The predicted octanol–water partition coefficient (Wildman–Crippen LogP) is 1.29. The van der Waals surface area contributed by atoms with E-state index < -0.39 is 5.97 Å². The maximum atomic E-state index is 10.3. The van der Waals surface area contributed by atoms with E-state index in [1.54, 1.807) is 6.92 Å². The van der Waals surface area contributed by atoms with Crippen molar-refractivity contribution in [2.75, 3.05) is 0 Å². The molecule has 0 aliphatic rings. The molecule has 0 spiro atoms. The normalized spacial score (nSPS) is 11.0. The van der Waals surface area contributed by atoms with Gasteiger partial charge >= 0.3 is 5.97 Å². The summed E-state index contributed by atoms with van der Waals surface area (Å²) in [5.41, 5.74) is 0.484. The molecule has 0 atom stereocenters. The number of carbonyl (C=O) groups is 1. The summed E-state index contributed by atoms with van der Waals surface area (Å²) in [6, 6.07) is 1.36. The molecule has 0 bridgehead atoms. The molecule has 0 aliphatic heterocycles. The van der Waals surface area contributed by atoms with Crippen molar-refractivity contribution in [1.29, 1.82) is 0 Å². The largest absolute Gasteiger partial charge is 0.475 e. The number of hydrogen-bond donors (Lipinski definition) is 1. The van der Waals surface area contributed by atoms with E-state index in [0.717, 1.165) is 0 Å². The molecule has 3 nitrogen and oxygen atoms in total. The predicted molar refractivity (Wildman–Crippen MR) is 30.4 cm³/mol. The van der Waals surface area contributed by atoms with E-state index in [2.05, 4.69) is 4.42 Å². The van der Waals surface area contributed by atoms with Gasteiger partial charge in [-0.25, -0.2) is 4.79 Å². The van der Waals surface area contributed by atoms with E-state index in [1.165, 1.54) is 6.07 Å². The fraction of sp³-hybridized carbons (Fsp3) is 0.167. The highest BCUT2D eigenvalue weighted by molar-refractivity contribution is 5.85. The molecule has 1 rings (SSSR count). The third-order valence-electron chi connectivity index (χ3n) is 0.989. The Kier molecular flexibility index (Phi) is 0.990. The van der Waals surface area contributed by atoms with Crippen LogP contribution in [0.3, 0.4) is 0 Å². The summed E-state index contributed by atoms with van der Waals surface area (Å²) in [6.45, 7) is 1.59. The summed E-state index contributed by atoms with van der Waals surface area (Å²) >= 11 is 0. The van der Waals surface area contributed by atoms with Gasteiger partial charge < -0.3 is 9.52 Å². The summed E-state index contributed by atoms with van der Waals surface area (Å²) < 4.78 is 11.5. The molecule has 9 heavy (non-hydrogen) atoms. The standard InChI is InChI=1S/C6H6O3/c1-4-2-3-9-5(4)6(7)8/h2-3H,1H3,(H,7,8)/i3D. The maximum Gasteiger partial charge on any atom is 0.372 e. The summed E-state index contributed by atoms with van der Waals surface area (Å²) in [5.74, 6) is -1.28. The average molecular weight is 127 g/mol. The van der Waals surface area contributed by atoms with Crippen LogP contribution < -0.4 is 0 Å². The number of rotatable bonds is 1. The van der Waals surface area contributed by atoms with Crippen LogP contribution >= 0.6 is 0 Å². The molecule has 0 radical (unpaired) electrons. The second-order valence-corrected chi connectivity index (χ2v) is 1.68. The Bertz CT molecular complexity index is 264. The van der Waals surface area contributed by atoms with Crippen LogP contribution in [-0.2, 0) is 0 Å². The molecule has 3 heteroatoms. The lowest BCUT2D eigenvalue weighted by atomic mass is 10.3. The van der Waals surface area contributed by atoms with Crippen molar-refractivity contribution in [3.8, 4) is 0 Å². The van der Waals surface area contributed by atoms with Crippen molar-refractivity contribution in [2.45, 2.75) is 6.92 Å². The van der Waals surface area contributed by atoms with Crippen molar-refractivity contribution in [1.82, 2.24) is 0 Å². The highest BCUT2D eigenvalue weighted by atomic mass is 16.4. The first-order chi connectivity index (χ1) is 4.61. The number of furan rings is 1. The zero-order chi connectivity index (χ0) is 7.72. The number of carboxylic acid groups (broad SMARTS) is 1. The van der Waals surface area contributed by atoms with Crippen molar-refractivity contribution >= 4 is 5.97 Å². The second-order valence-electron chi connectivity index (χ2n) is 1.68. The third kappa shape index (κ3) is 0.937. The molecule has 0 aromatic carbocycles. The van der Waals surface area contributed by atoms with Crippen LogP contribution in [0.25, 0.3) is 0 Å². The first-order valence-corrected chi connectivity index (χ1v) is 2.41. The first-order valence-electron chi connectivity index (χ1n) is 2.91. The Balaban J connectivity index is 3.15. The van der Waals surface area contributed by atoms with E-state index >= 15 is 0 Å². The van der Waals surface area contributed by atoms with Gasteiger partial charge in [0, 0.05) is 5.56 Å². The van der Waals surface area contributed by atoms with Crippen LogP contribution in [0, 0.1) is 6.92 Å². The van der Waals surface area contributed by atoms with Gasteiger partial charge in [0.25, 0.3) is 0 Å². The van der Waals surface area contributed by atoms with Gasteiger partial charge in [0.05, 0.1) is 6.24 Å². The van der Waals surface area contributed by atoms with Gasteiger partial charge in [-0.3, -0.25) is 0 Å². The Morgan fingerprint density at radius 2 is 2.67 bits per heavy atom. The highest BCUT2D eigenvalue weighted by Crippen LogP contribution is 2.07. The van der Waals surface area contributed by atoms with Gasteiger partial charge in [-0.1, -0.05) is 0 Å². The Morgan fingerprint density at radius 3 is 2.89 bits per heavy atom. The number of carboxylic acids is 1. The summed E-state index contributed by atoms with van der Waals surface area (Å²) in [4.78, 5) is 10.3. The van der Waals surface area contributed by atoms with Gasteiger partial charge in [0.2, 0.25) is 5.76 Å². The molecule has 1 aromatic heterocycles. The minimum atomic E-state index is -1.13. The molecule has 1 aromatic rings. The third-order valence-corrected chi connectivity index (χ3v) is 0.989. The van der Waals surface area contributed by atoms with E-state index in [1.807, 2.05) is 0 Å². The second kappa shape index (κ2) is 1.93. The first kappa shape index (κ1) is 4.61. The molecule has 1 N–H and O–H groups in total. The number of aryl methyl sites for hydroxylation is 1. The van der Waals surface area contributed by atoms with Crippen LogP contribution in [0.15, 0.2) is 16.7 Å². The lowest BCUT2D eigenvalue weighted by Crippen LogP contribution is -1.94. The molecule has 0 unspecified atom stereocenters. The van der Waals surface area contributed by atoms with Gasteiger partial charge in [0.1, 0.15) is 1.37 Å². The Hall–Kier alpha value is -1.25. The molecule has 0 aliphatic carbocycles. The van der Waals surface area contributed by atoms with Gasteiger partial charge in [0.15, 0.2) is 0 Å². The van der Waals surface area contributed by atoms with Crippen molar-refractivity contribution in [2.24, 2.45) is 0 Å². The molecule has 0 saturated heterocycles. The quantitative estimate of drug-likeness (QED) is 0.618. The van der Waals surface area contributed by atoms with Gasteiger partial charge in [-0.2, -0.15) is 0 Å². The lowest BCUT2D eigenvalue weighted by molar-refractivity contribution is 0.0661. The van der Waals surface area contributed by atoms with E-state index in [0.29, 0.717) is 5.56 Å². The topological polar surface area (TPSA) is 50.4 Å². The van der Waals surface area contributed by atoms with Crippen LogP contribution in [0.1, 0.15) is 17.5 Å². The van der Waals surface area contributed by atoms with Crippen molar-refractivity contribution < 1.29 is 15.7 Å². The lowest BCUT2D eigenvalue weighted by Gasteiger charge is -1.85. The highest BCUT2D eigenvalue weighted by Gasteiger charge is 2.08. The smallest absolute Gasteiger partial charge is 0.372 e. The van der Waals surface area contributed by atoms with E-state index in [-0.39, 0.29) is 12.0 Å². The SMILES string of the molecule is [2H]c1cc(C)c(C(=O)O)o1. The minimum Gasteiger partial charge on any atom is -0.475 e. The minimum absolute atomic E-state index is 0.116. The van der Waals surface area contributed by atoms with E-state index in [9.17, 15) is 4.79 Å². The molecule has 0 saturated carbocycles. The fourth-order valence-corrected chi connectivity index (χ4v) is 0.535. The summed E-state index contributed by atoms with van der Waals surface area (Å²) in [6.07, 6.45) is -0.116. The number of aromatic carboxylic acids is 1. The van der Waals surface area contributed by atoms with Crippen LogP contribution in [0.5, 0.6) is 0 Å². The molecule has 48 valence electrons. The van der Waals surface area contributed by atoms with E-state index in [4.69, 9.17) is 6.48 Å². The zero-order valence-corrected chi connectivity index (χ0v) is 4.84. The summed E-state index contributed by atoms with van der Waals surface area (Å²) in [5, 5.41) is 8.40. The Morgan fingerprint density at radius 1 is 2.00 bits per heavy atom. The van der Waals surface area contributed by atoms with Crippen LogP contribution in [-0.4, -0.2) is 11.1 Å². The van der Waals surface area contributed by atoms with Crippen LogP contribution in [0.2, 0.25) is 0 Å². The monoisotopic (exact) mass is 127 g/mol. The molecule has 0 amide bonds. The van der Waals surface area contributed by atoms with Crippen molar-refractivity contribution in [3.05, 3.63) is 23.6 Å². The average Bonchev–Trinajstić information content (AvgIpc) is 2.10. The van der Waals surface area contributed by atoms with Crippen LogP contribution in [0.4, 0.5) is 0 Å². The summed E-state index contributed by atoms with van der Waals surface area (Å²) in [7, 11) is 0. The Labute approximate surface area is 53.3 Å². The zero-order valence-electron chi connectivity index (χ0n) is 5.84. The number of hydrogen-bond acceptors (Lipinski definition) is 2. The molecular weight excluding hydrogens is 120 g/mol. The molecular formula is C6H6O3. The van der Waals surface area contributed by atoms with Crippen molar-refractivity contribution in [3.63, 3.8) is 0 Å². The van der Waals surface area contributed by atoms with Gasteiger partial charge in [-0.15, -0.1) is 0 Å².